The predicted octanol–water partition coefficient (Wildman–Crippen LogP) is 3.87. The Morgan fingerprint density at radius 2 is 1.74 bits per heavy atom. The molecule has 3 aromatic carbocycles. The summed E-state index contributed by atoms with van der Waals surface area (Å²) >= 11 is 0. The van der Waals surface area contributed by atoms with Crippen molar-refractivity contribution in [2.45, 2.75) is 12.3 Å². The summed E-state index contributed by atoms with van der Waals surface area (Å²) in [6.45, 7) is 0. The lowest BCUT2D eigenvalue weighted by Crippen LogP contribution is -2.22. The molecule has 10 heteroatoms. The average molecular weight is 480 g/mol. The Balaban J connectivity index is 1.84. The summed E-state index contributed by atoms with van der Waals surface area (Å²) in [6.07, 6.45) is -0.296. The van der Waals surface area contributed by atoms with E-state index in [1.807, 2.05) is 0 Å². The van der Waals surface area contributed by atoms with Crippen LogP contribution in [-0.4, -0.2) is 33.5 Å². The fourth-order valence-corrected chi connectivity index (χ4v) is 4.22. The van der Waals surface area contributed by atoms with Crippen molar-refractivity contribution in [3.8, 4) is 45.8 Å². The second kappa shape index (κ2) is 7.94. The van der Waals surface area contributed by atoms with Crippen LogP contribution in [0.3, 0.4) is 0 Å². The molecule has 0 radical (unpaired) electrons. The van der Waals surface area contributed by atoms with Crippen LogP contribution in [-0.2, 0) is 4.79 Å². The first-order valence-electron chi connectivity index (χ1n) is 10.3. The normalized spacial score (nSPS) is 15.0. The van der Waals surface area contributed by atoms with Crippen LogP contribution >= 0.6 is 0 Å². The summed E-state index contributed by atoms with van der Waals surface area (Å²) < 4.78 is 31.2. The smallest absolute Gasteiger partial charge is 0.312 e. The molecular weight excluding hydrogens is 463 g/mol. The van der Waals surface area contributed by atoms with Gasteiger partial charge in [0.1, 0.15) is 34.0 Å². The van der Waals surface area contributed by atoms with E-state index in [1.165, 1.54) is 25.3 Å². The van der Waals surface area contributed by atoms with Gasteiger partial charge in [-0.2, -0.15) is 0 Å². The van der Waals surface area contributed by atoms with Gasteiger partial charge >= 0.3 is 5.97 Å². The highest BCUT2D eigenvalue weighted by Gasteiger charge is 2.35. The maximum absolute atomic E-state index is 15.0. The van der Waals surface area contributed by atoms with Gasteiger partial charge in [0, 0.05) is 29.2 Å². The molecule has 0 aliphatic carbocycles. The highest BCUT2D eigenvalue weighted by Crippen LogP contribution is 2.48. The highest BCUT2D eigenvalue weighted by atomic mass is 19.1. The number of halogens is 1. The van der Waals surface area contributed by atoms with Crippen LogP contribution in [0.2, 0.25) is 0 Å². The molecule has 1 aliphatic rings. The molecule has 5 rings (SSSR count). The summed E-state index contributed by atoms with van der Waals surface area (Å²) in [5.41, 5.74) is -0.995. The number of ether oxygens (including phenoxy) is 2. The molecule has 0 amide bonds. The number of hydrogen-bond donors (Lipinski definition) is 4. The molecule has 1 aromatic heterocycles. The second-order valence-electron chi connectivity index (χ2n) is 7.94. The third-order valence-electron chi connectivity index (χ3n) is 5.89. The van der Waals surface area contributed by atoms with Gasteiger partial charge in [-0.3, -0.25) is 9.59 Å². The molecule has 35 heavy (non-hydrogen) atoms. The molecule has 1 unspecified atom stereocenters. The molecule has 0 spiro atoms. The fourth-order valence-electron chi connectivity index (χ4n) is 4.22. The molecular formula is C25H17FO9. The Labute approximate surface area is 195 Å². The minimum Gasteiger partial charge on any atom is -0.507 e. The van der Waals surface area contributed by atoms with E-state index >= 15 is 4.39 Å². The van der Waals surface area contributed by atoms with Crippen LogP contribution in [0.5, 0.6) is 34.5 Å². The lowest BCUT2D eigenvalue weighted by Gasteiger charge is -2.26. The highest BCUT2D eigenvalue weighted by molar-refractivity contribution is 5.94. The Hall–Kier alpha value is -4.73. The third-order valence-corrected chi connectivity index (χ3v) is 5.89. The van der Waals surface area contributed by atoms with E-state index in [9.17, 15) is 30.0 Å². The number of phenolic OH excluding ortho intramolecular Hbond substituents is 3. The van der Waals surface area contributed by atoms with Crippen LogP contribution in [0.4, 0.5) is 4.39 Å². The minimum atomic E-state index is -1.00. The summed E-state index contributed by atoms with van der Waals surface area (Å²) in [5.74, 6) is -5.05. The van der Waals surface area contributed by atoms with E-state index in [1.54, 1.807) is 0 Å². The van der Waals surface area contributed by atoms with Gasteiger partial charge in [-0.25, -0.2) is 4.39 Å². The molecule has 4 N–H and O–H groups in total. The Bertz CT molecular complexity index is 1590. The number of carbonyl (C=O) groups is 1. The van der Waals surface area contributed by atoms with Crippen LogP contribution in [0, 0.1) is 5.82 Å². The van der Waals surface area contributed by atoms with E-state index < -0.39 is 51.5 Å². The van der Waals surface area contributed by atoms with Crippen LogP contribution in [0.25, 0.3) is 22.3 Å². The summed E-state index contributed by atoms with van der Waals surface area (Å²) in [5, 5.41) is 40.1. The van der Waals surface area contributed by atoms with Gasteiger partial charge in [0.25, 0.3) is 0 Å². The predicted molar refractivity (Wildman–Crippen MR) is 120 cm³/mol. The van der Waals surface area contributed by atoms with Gasteiger partial charge in [0.05, 0.1) is 13.5 Å². The van der Waals surface area contributed by atoms with Crippen molar-refractivity contribution in [1.29, 1.82) is 0 Å². The van der Waals surface area contributed by atoms with E-state index in [-0.39, 0.29) is 46.0 Å². The lowest BCUT2D eigenvalue weighted by molar-refractivity contribution is -0.135. The van der Waals surface area contributed by atoms with Crippen molar-refractivity contribution in [3.05, 3.63) is 69.6 Å². The number of fused-ring (bicyclic) bond motifs is 3. The molecule has 0 saturated carbocycles. The number of benzene rings is 3. The van der Waals surface area contributed by atoms with Gasteiger partial charge in [0.15, 0.2) is 17.3 Å². The molecule has 178 valence electrons. The largest absolute Gasteiger partial charge is 0.507 e. The van der Waals surface area contributed by atoms with Crippen molar-refractivity contribution in [2.24, 2.45) is 0 Å². The summed E-state index contributed by atoms with van der Waals surface area (Å²) in [7, 11) is 1.38. The molecule has 0 saturated heterocycles. The van der Waals surface area contributed by atoms with E-state index in [0.717, 1.165) is 24.3 Å². The number of methoxy groups -OCH3 is 1. The number of hydrogen-bond acceptors (Lipinski definition) is 9. The van der Waals surface area contributed by atoms with E-state index in [2.05, 4.69) is 0 Å². The monoisotopic (exact) mass is 480 g/mol. The number of esters is 1. The van der Waals surface area contributed by atoms with Gasteiger partial charge in [-0.1, -0.05) is 6.07 Å². The van der Waals surface area contributed by atoms with Crippen LogP contribution in [0.1, 0.15) is 23.5 Å². The first-order valence-corrected chi connectivity index (χ1v) is 10.3. The van der Waals surface area contributed by atoms with Crippen molar-refractivity contribution in [1.82, 2.24) is 0 Å². The van der Waals surface area contributed by atoms with Gasteiger partial charge < -0.3 is 34.3 Å². The number of phenols is 3. The fraction of sp³-hybridized carbons (Fsp3) is 0.120. The first-order chi connectivity index (χ1) is 16.7. The SMILES string of the molecule is COc1ccc(C2CC(=O)Oc3cc(O)c4c(=O)c(O)c(-c5ccc(O)c(O)c5)oc4c32)c(F)c1. The van der Waals surface area contributed by atoms with Crippen molar-refractivity contribution < 1.29 is 43.5 Å². The Morgan fingerprint density at radius 3 is 2.43 bits per heavy atom. The quantitative estimate of drug-likeness (QED) is 0.195. The average Bonchev–Trinajstić information content (AvgIpc) is 2.82. The van der Waals surface area contributed by atoms with E-state index in [4.69, 9.17) is 13.9 Å². The number of rotatable bonds is 3. The standard InChI is InChI=1S/C25H17FO9/c1-33-11-3-4-12(14(26)7-11)13-8-19(30)34-18-9-17(29)21-22(31)23(32)24(35-25(21)20(13)18)10-2-5-15(27)16(28)6-10/h2-7,9,13,27-29,32H,8H2,1H3. The van der Waals surface area contributed by atoms with Crippen LogP contribution < -0.4 is 14.9 Å². The maximum atomic E-state index is 15.0. The summed E-state index contributed by atoms with van der Waals surface area (Å²) in [4.78, 5) is 25.4. The zero-order valence-corrected chi connectivity index (χ0v) is 18.0. The maximum Gasteiger partial charge on any atom is 0.312 e. The van der Waals surface area contributed by atoms with Crippen molar-refractivity contribution >= 4 is 16.9 Å². The molecule has 2 heterocycles. The second-order valence-corrected chi connectivity index (χ2v) is 7.94. The molecule has 0 fully saturated rings. The van der Waals surface area contributed by atoms with Crippen molar-refractivity contribution in [3.63, 3.8) is 0 Å². The Kier molecular flexibility index (Phi) is 5.01. The zero-order valence-electron chi connectivity index (χ0n) is 18.0. The topological polar surface area (TPSA) is 147 Å². The number of aromatic hydroxyl groups is 4. The molecule has 1 atom stereocenters. The first kappa shape index (κ1) is 22.1. The molecule has 0 bridgehead atoms. The molecule has 4 aromatic rings. The number of carbonyl (C=O) groups excluding carboxylic acids is 1. The third kappa shape index (κ3) is 3.46. The minimum absolute atomic E-state index is 0.0360. The van der Waals surface area contributed by atoms with Gasteiger partial charge in [0.2, 0.25) is 11.2 Å². The van der Waals surface area contributed by atoms with E-state index in [0.29, 0.717) is 0 Å². The molecule has 9 nitrogen and oxygen atoms in total. The van der Waals surface area contributed by atoms with Crippen molar-refractivity contribution in [2.75, 3.05) is 7.11 Å². The zero-order chi connectivity index (χ0) is 25.0. The lowest BCUT2D eigenvalue weighted by atomic mass is 9.84. The summed E-state index contributed by atoms with van der Waals surface area (Å²) in [6, 6.07) is 8.59. The molecule has 1 aliphatic heterocycles. The van der Waals surface area contributed by atoms with Gasteiger partial charge in [-0.05, 0) is 29.8 Å². The van der Waals surface area contributed by atoms with Crippen LogP contribution in [0.15, 0.2) is 51.7 Å². The van der Waals surface area contributed by atoms with Gasteiger partial charge in [-0.15, -0.1) is 0 Å². The Morgan fingerprint density at radius 1 is 0.971 bits per heavy atom.